The van der Waals surface area contributed by atoms with Crippen LogP contribution in [0.1, 0.15) is 12.8 Å². The lowest BCUT2D eigenvalue weighted by molar-refractivity contribution is 0.0456. The summed E-state index contributed by atoms with van der Waals surface area (Å²) in [6, 6.07) is 0. The molecule has 2 bridgehead atoms. The molecule has 4 heteroatoms. The van der Waals surface area contributed by atoms with Crippen LogP contribution in [-0.4, -0.2) is 51.5 Å². The Morgan fingerprint density at radius 1 is 0.714 bits per heavy atom. The lowest BCUT2D eigenvalue weighted by Gasteiger charge is -2.17. The average Bonchev–Trinajstić information content (AvgIpc) is 2.61. The molecule has 2 saturated heterocycles. The Morgan fingerprint density at radius 2 is 1.21 bits per heavy atom. The summed E-state index contributed by atoms with van der Waals surface area (Å²) in [7, 11) is 0. The molecule has 2 aliphatic rings. The van der Waals surface area contributed by atoms with Gasteiger partial charge in [-0.05, 0) is 12.8 Å². The van der Waals surface area contributed by atoms with Crippen molar-refractivity contribution in [3.63, 3.8) is 0 Å². The van der Waals surface area contributed by atoms with Gasteiger partial charge in [-0.25, -0.2) is 0 Å². The number of nitrogens with one attached hydrogen (secondary N) is 3. The third kappa shape index (κ3) is 3.20. The molecule has 2 unspecified atom stereocenters. The molecule has 0 aromatic carbocycles. The maximum absolute atomic E-state index is 5.89. The minimum Gasteiger partial charge on any atom is -0.372 e. The molecule has 2 aliphatic heterocycles. The second kappa shape index (κ2) is 5.66. The first kappa shape index (κ1) is 10.4. The van der Waals surface area contributed by atoms with Gasteiger partial charge in [-0.3, -0.25) is 0 Å². The van der Waals surface area contributed by atoms with E-state index in [4.69, 9.17) is 4.74 Å². The van der Waals surface area contributed by atoms with Crippen LogP contribution in [0.15, 0.2) is 0 Å². The number of rotatable bonds is 0. The Balaban J connectivity index is 1.75. The highest BCUT2D eigenvalue weighted by atomic mass is 16.5. The first-order valence-corrected chi connectivity index (χ1v) is 5.73. The molecule has 2 heterocycles. The van der Waals surface area contributed by atoms with Gasteiger partial charge >= 0.3 is 0 Å². The molecule has 0 amide bonds. The zero-order chi connectivity index (χ0) is 9.64. The summed E-state index contributed by atoms with van der Waals surface area (Å²) in [4.78, 5) is 0. The molecule has 82 valence electrons. The van der Waals surface area contributed by atoms with E-state index < -0.39 is 0 Å². The number of fused-ring (bicyclic) bond motifs is 2. The molecule has 0 aromatic rings. The van der Waals surface area contributed by atoms with Crippen molar-refractivity contribution in [2.45, 2.75) is 25.0 Å². The molecular weight excluding hydrogens is 178 g/mol. The molecule has 0 aromatic heterocycles. The number of hydrogen-bond donors (Lipinski definition) is 3. The first-order valence-electron chi connectivity index (χ1n) is 5.73. The third-order valence-corrected chi connectivity index (χ3v) is 2.90. The minimum absolute atomic E-state index is 0.446. The van der Waals surface area contributed by atoms with Crippen LogP contribution in [0, 0.1) is 0 Å². The van der Waals surface area contributed by atoms with Crippen molar-refractivity contribution >= 4 is 0 Å². The van der Waals surface area contributed by atoms with Gasteiger partial charge in [-0.15, -0.1) is 0 Å². The Bertz CT molecular complexity index is 149. The minimum atomic E-state index is 0.446. The van der Waals surface area contributed by atoms with Gasteiger partial charge in [0.05, 0.1) is 12.2 Å². The summed E-state index contributed by atoms with van der Waals surface area (Å²) in [6.07, 6.45) is 3.32. The molecule has 2 fully saturated rings. The molecule has 0 aliphatic carbocycles. The highest BCUT2D eigenvalue weighted by Crippen LogP contribution is 2.18. The van der Waals surface area contributed by atoms with E-state index in [1.54, 1.807) is 0 Å². The van der Waals surface area contributed by atoms with Crippen LogP contribution in [0.4, 0.5) is 0 Å². The second-order valence-electron chi connectivity index (χ2n) is 4.12. The predicted molar refractivity (Wildman–Crippen MR) is 56.5 cm³/mol. The third-order valence-electron chi connectivity index (χ3n) is 2.90. The first-order chi connectivity index (χ1) is 6.95. The average molecular weight is 199 g/mol. The molecule has 0 radical (unpaired) electrons. The van der Waals surface area contributed by atoms with E-state index >= 15 is 0 Å². The van der Waals surface area contributed by atoms with Gasteiger partial charge in [0.15, 0.2) is 0 Å². The second-order valence-corrected chi connectivity index (χ2v) is 4.12. The summed E-state index contributed by atoms with van der Waals surface area (Å²) >= 11 is 0. The maximum Gasteiger partial charge on any atom is 0.0704 e. The van der Waals surface area contributed by atoms with Crippen molar-refractivity contribution in [1.82, 2.24) is 16.0 Å². The van der Waals surface area contributed by atoms with Crippen LogP contribution in [-0.2, 0) is 4.74 Å². The normalized spacial score (nSPS) is 36.0. The molecule has 0 spiro atoms. The van der Waals surface area contributed by atoms with Gasteiger partial charge in [0.1, 0.15) is 0 Å². The Hall–Kier alpha value is -0.160. The quantitative estimate of drug-likeness (QED) is 0.483. The van der Waals surface area contributed by atoms with Crippen molar-refractivity contribution in [2.75, 3.05) is 39.3 Å². The van der Waals surface area contributed by atoms with Crippen molar-refractivity contribution in [3.8, 4) is 0 Å². The predicted octanol–water partition coefficient (Wildman–Crippen LogP) is -0.684. The van der Waals surface area contributed by atoms with Crippen LogP contribution in [0.25, 0.3) is 0 Å². The van der Waals surface area contributed by atoms with E-state index in [0.29, 0.717) is 12.2 Å². The van der Waals surface area contributed by atoms with Gasteiger partial charge in [0.25, 0.3) is 0 Å². The van der Waals surface area contributed by atoms with Crippen LogP contribution in [0.2, 0.25) is 0 Å². The highest BCUT2D eigenvalue weighted by molar-refractivity contribution is 4.77. The fourth-order valence-electron chi connectivity index (χ4n) is 2.09. The van der Waals surface area contributed by atoms with Gasteiger partial charge in [-0.2, -0.15) is 0 Å². The molecule has 0 saturated carbocycles. The summed E-state index contributed by atoms with van der Waals surface area (Å²) < 4.78 is 5.89. The number of hydrogen-bond acceptors (Lipinski definition) is 4. The van der Waals surface area contributed by atoms with Crippen molar-refractivity contribution in [1.29, 1.82) is 0 Å². The van der Waals surface area contributed by atoms with Gasteiger partial charge in [0, 0.05) is 39.3 Å². The molecule has 3 N–H and O–H groups in total. The highest BCUT2D eigenvalue weighted by Gasteiger charge is 2.24. The molecular formula is C10H21N3O. The zero-order valence-electron chi connectivity index (χ0n) is 8.72. The summed E-state index contributed by atoms with van der Waals surface area (Å²) in [6.45, 7) is 6.22. The topological polar surface area (TPSA) is 45.3 Å². The molecule has 14 heavy (non-hydrogen) atoms. The SMILES string of the molecule is C1CNCC2CCC(CNCCN1)O2. The monoisotopic (exact) mass is 199 g/mol. The van der Waals surface area contributed by atoms with E-state index in [-0.39, 0.29) is 0 Å². The van der Waals surface area contributed by atoms with Gasteiger partial charge in [-0.1, -0.05) is 0 Å². The molecule has 4 nitrogen and oxygen atoms in total. The Kier molecular flexibility index (Phi) is 4.19. The van der Waals surface area contributed by atoms with Crippen LogP contribution >= 0.6 is 0 Å². The van der Waals surface area contributed by atoms with Gasteiger partial charge < -0.3 is 20.7 Å². The largest absolute Gasteiger partial charge is 0.372 e. The summed E-state index contributed by atoms with van der Waals surface area (Å²) in [5, 5.41) is 10.2. The lowest BCUT2D eigenvalue weighted by Crippen LogP contribution is -2.38. The fourth-order valence-corrected chi connectivity index (χ4v) is 2.09. The summed E-state index contributed by atoms with van der Waals surface area (Å²) in [5.74, 6) is 0. The van der Waals surface area contributed by atoms with E-state index in [9.17, 15) is 0 Å². The Morgan fingerprint density at radius 3 is 1.79 bits per heavy atom. The molecule has 2 atom stereocenters. The van der Waals surface area contributed by atoms with E-state index in [0.717, 1.165) is 39.3 Å². The van der Waals surface area contributed by atoms with Gasteiger partial charge in [0.2, 0.25) is 0 Å². The Labute approximate surface area is 85.8 Å². The smallest absolute Gasteiger partial charge is 0.0704 e. The van der Waals surface area contributed by atoms with Crippen LogP contribution in [0.3, 0.4) is 0 Å². The van der Waals surface area contributed by atoms with Crippen molar-refractivity contribution < 1.29 is 4.74 Å². The fraction of sp³-hybridized carbons (Fsp3) is 1.00. The van der Waals surface area contributed by atoms with Crippen LogP contribution < -0.4 is 16.0 Å². The van der Waals surface area contributed by atoms with Crippen molar-refractivity contribution in [3.05, 3.63) is 0 Å². The molecule has 2 rings (SSSR count). The lowest BCUT2D eigenvalue weighted by atomic mass is 10.2. The summed E-state index contributed by atoms with van der Waals surface area (Å²) in [5.41, 5.74) is 0. The number of ether oxygens (including phenoxy) is 1. The van der Waals surface area contributed by atoms with Crippen molar-refractivity contribution in [2.24, 2.45) is 0 Å². The maximum atomic E-state index is 5.89. The van der Waals surface area contributed by atoms with E-state index in [1.165, 1.54) is 12.8 Å². The van der Waals surface area contributed by atoms with E-state index in [2.05, 4.69) is 16.0 Å². The zero-order valence-corrected chi connectivity index (χ0v) is 8.72. The standard InChI is InChI=1S/C10H21N3O/c1-2-10-8-13-6-4-11-3-5-12-7-9(1)14-10/h9-13H,1-8H2. The van der Waals surface area contributed by atoms with E-state index in [1.807, 2.05) is 0 Å². The van der Waals surface area contributed by atoms with Crippen LogP contribution in [0.5, 0.6) is 0 Å².